The van der Waals surface area contributed by atoms with Crippen LogP contribution in [0.4, 0.5) is 0 Å². The highest BCUT2D eigenvalue weighted by molar-refractivity contribution is 5.31. The molecule has 0 saturated heterocycles. The van der Waals surface area contributed by atoms with Crippen molar-refractivity contribution in [1.82, 2.24) is 5.32 Å². The Balaban J connectivity index is 1.84. The van der Waals surface area contributed by atoms with Crippen molar-refractivity contribution in [3.63, 3.8) is 0 Å². The van der Waals surface area contributed by atoms with E-state index in [1.807, 2.05) is 18.2 Å². The zero-order chi connectivity index (χ0) is 10.7. The zero-order valence-corrected chi connectivity index (χ0v) is 9.24. The van der Waals surface area contributed by atoms with E-state index >= 15 is 0 Å². The fourth-order valence-electron chi connectivity index (χ4n) is 2.04. The Morgan fingerprint density at radius 1 is 1.40 bits per heavy atom. The minimum Gasteiger partial charge on any atom is -0.508 e. The van der Waals surface area contributed by atoms with E-state index in [1.54, 1.807) is 6.07 Å². The molecule has 0 bridgehead atoms. The van der Waals surface area contributed by atoms with Gasteiger partial charge in [-0.3, -0.25) is 0 Å². The molecular weight excluding hydrogens is 186 g/mol. The van der Waals surface area contributed by atoms with Gasteiger partial charge in [0.15, 0.2) is 0 Å². The van der Waals surface area contributed by atoms with Crippen molar-refractivity contribution >= 4 is 0 Å². The lowest BCUT2D eigenvalue weighted by Gasteiger charge is -2.32. The number of rotatable bonds is 4. The quantitative estimate of drug-likeness (QED) is 0.792. The van der Waals surface area contributed by atoms with Crippen molar-refractivity contribution in [3.05, 3.63) is 29.8 Å². The predicted molar refractivity (Wildman–Crippen MR) is 61.7 cm³/mol. The van der Waals surface area contributed by atoms with Crippen molar-refractivity contribution in [2.45, 2.75) is 38.8 Å². The van der Waals surface area contributed by atoms with Gasteiger partial charge in [0, 0.05) is 18.2 Å². The number of benzene rings is 1. The smallest absolute Gasteiger partial charge is 0.120 e. The predicted octanol–water partition coefficient (Wildman–Crippen LogP) is 2.67. The molecule has 0 aromatic heterocycles. The minimum absolute atomic E-state index is 0.394. The van der Waals surface area contributed by atoms with Gasteiger partial charge in [-0.1, -0.05) is 24.6 Å². The molecule has 0 radical (unpaired) electrons. The van der Waals surface area contributed by atoms with Gasteiger partial charge in [0.25, 0.3) is 0 Å². The molecule has 0 spiro atoms. The van der Waals surface area contributed by atoms with E-state index in [0.717, 1.165) is 18.0 Å². The largest absolute Gasteiger partial charge is 0.508 e. The Labute approximate surface area is 91.3 Å². The third-order valence-electron chi connectivity index (χ3n) is 3.46. The number of nitrogens with one attached hydrogen (secondary N) is 1. The van der Waals surface area contributed by atoms with E-state index in [-0.39, 0.29) is 0 Å². The third kappa shape index (κ3) is 2.51. The van der Waals surface area contributed by atoms with E-state index in [0.29, 0.717) is 11.8 Å². The van der Waals surface area contributed by atoms with Crippen LogP contribution in [-0.2, 0) is 6.54 Å². The maximum Gasteiger partial charge on any atom is 0.120 e. The van der Waals surface area contributed by atoms with Gasteiger partial charge in [0.1, 0.15) is 5.75 Å². The molecule has 2 rings (SSSR count). The van der Waals surface area contributed by atoms with Crippen molar-refractivity contribution in [2.24, 2.45) is 5.92 Å². The lowest BCUT2D eigenvalue weighted by molar-refractivity contribution is 0.239. The van der Waals surface area contributed by atoms with Gasteiger partial charge >= 0.3 is 0 Å². The first kappa shape index (κ1) is 10.5. The molecule has 2 heteroatoms. The number of aromatic hydroxyl groups is 1. The van der Waals surface area contributed by atoms with Crippen LogP contribution in [0.5, 0.6) is 5.75 Å². The lowest BCUT2D eigenvalue weighted by Crippen LogP contribution is -2.36. The van der Waals surface area contributed by atoms with Crippen molar-refractivity contribution in [2.75, 3.05) is 0 Å². The Kier molecular flexibility index (Phi) is 3.27. The van der Waals surface area contributed by atoms with Crippen LogP contribution in [0.2, 0.25) is 0 Å². The molecule has 1 aromatic carbocycles. The van der Waals surface area contributed by atoms with Crippen LogP contribution in [0.15, 0.2) is 24.3 Å². The van der Waals surface area contributed by atoms with Crippen LogP contribution in [0, 0.1) is 5.92 Å². The molecule has 2 N–H and O–H groups in total. The standard InChI is InChI=1S/C13H19NO/c1-10(11-6-4-7-11)14-9-12-5-2-3-8-13(12)15/h2-3,5,8,10-11,14-15H,4,6-7,9H2,1H3. The Morgan fingerprint density at radius 3 is 2.73 bits per heavy atom. The number of para-hydroxylation sites is 1. The Bertz CT molecular complexity index is 320. The van der Waals surface area contributed by atoms with E-state index in [4.69, 9.17) is 0 Å². The number of phenolic OH excluding ortho intramolecular Hbond substituents is 1. The molecule has 0 amide bonds. The van der Waals surface area contributed by atoms with Crippen LogP contribution in [-0.4, -0.2) is 11.1 Å². The summed E-state index contributed by atoms with van der Waals surface area (Å²) in [5.41, 5.74) is 0.990. The average molecular weight is 205 g/mol. The number of hydrogen-bond acceptors (Lipinski definition) is 2. The van der Waals surface area contributed by atoms with E-state index in [2.05, 4.69) is 12.2 Å². The summed E-state index contributed by atoms with van der Waals surface area (Å²) in [7, 11) is 0. The van der Waals surface area contributed by atoms with Crippen LogP contribution in [0.25, 0.3) is 0 Å². The van der Waals surface area contributed by atoms with Crippen molar-refractivity contribution < 1.29 is 5.11 Å². The summed E-state index contributed by atoms with van der Waals surface area (Å²) in [5.74, 6) is 1.24. The number of hydrogen-bond donors (Lipinski definition) is 2. The molecule has 0 aliphatic heterocycles. The molecule has 82 valence electrons. The highest BCUT2D eigenvalue weighted by Gasteiger charge is 2.23. The SMILES string of the molecule is CC(NCc1ccccc1O)C1CCC1. The topological polar surface area (TPSA) is 32.3 Å². The summed E-state index contributed by atoms with van der Waals surface area (Å²) in [6.07, 6.45) is 4.09. The maximum atomic E-state index is 9.59. The molecule has 1 fully saturated rings. The monoisotopic (exact) mass is 205 g/mol. The van der Waals surface area contributed by atoms with Crippen LogP contribution >= 0.6 is 0 Å². The fraction of sp³-hybridized carbons (Fsp3) is 0.538. The van der Waals surface area contributed by atoms with Gasteiger partial charge in [-0.2, -0.15) is 0 Å². The Hall–Kier alpha value is -1.02. The van der Waals surface area contributed by atoms with Gasteiger partial charge in [-0.25, -0.2) is 0 Å². The highest BCUT2D eigenvalue weighted by Crippen LogP contribution is 2.29. The van der Waals surface area contributed by atoms with Crippen LogP contribution < -0.4 is 5.32 Å². The first-order valence-corrected chi connectivity index (χ1v) is 5.77. The molecule has 15 heavy (non-hydrogen) atoms. The van der Waals surface area contributed by atoms with Crippen LogP contribution in [0.3, 0.4) is 0 Å². The second kappa shape index (κ2) is 4.67. The third-order valence-corrected chi connectivity index (χ3v) is 3.46. The Morgan fingerprint density at radius 2 is 2.13 bits per heavy atom. The molecule has 0 heterocycles. The normalized spacial score (nSPS) is 18.5. The molecule has 2 nitrogen and oxygen atoms in total. The molecule has 1 atom stereocenters. The molecule has 1 saturated carbocycles. The van der Waals surface area contributed by atoms with Gasteiger partial charge in [-0.15, -0.1) is 0 Å². The molecule has 1 aliphatic rings. The van der Waals surface area contributed by atoms with Crippen molar-refractivity contribution in [3.8, 4) is 5.75 Å². The van der Waals surface area contributed by atoms with Gasteiger partial charge in [-0.05, 0) is 31.7 Å². The summed E-state index contributed by atoms with van der Waals surface area (Å²) in [6, 6.07) is 8.10. The average Bonchev–Trinajstić information content (AvgIpc) is 2.14. The first-order chi connectivity index (χ1) is 7.27. The van der Waals surface area contributed by atoms with E-state index < -0.39 is 0 Å². The molecular formula is C13H19NO. The second-order valence-corrected chi connectivity index (χ2v) is 4.49. The molecule has 1 unspecified atom stereocenters. The second-order valence-electron chi connectivity index (χ2n) is 4.49. The molecule has 1 aromatic rings. The number of phenols is 1. The summed E-state index contributed by atoms with van der Waals surface area (Å²) in [5, 5.41) is 13.1. The summed E-state index contributed by atoms with van der Waals surface area (Å²) in [4.78, 5) is 0. The summed E-state index contributed by atoms with van der Waals surface area (Å²) >= 11 is 0. The van der Waals surface area contributed by atoms with Gasteiger partial charge < -0.3 is 10.4 Å². The van der Waals surface area contributed by atoms with E-state index in [9.17, 15) is 5.11 Å². The zero-order valence-electron chi connectivity index (χ0n) is 9.24. The first-order valence-electron chi connectivity index (χ1n) is 5.77. The van der Waals surface area contributed by atoms with Gasteiger partial charge in [0.05, 0.1) is 0 Å². The minimum atomic E-state index is 0.394. The van der Waals surface area contributed by atoms with Crippen molar-refractivity contribution in [1.29, 1.82) is 0 Å². The molecule has 1 aliphatic carbocycles. The van der Waals surface area contributed by atoms with E-state index in [1.165, 1.54) is 19.3 Å². The summed E-state index contributed by atoms with van der Waals surface area (Å²) < 4.78 is 0. The maximum absolute atomic E-state index is 9.59. The highest BCUT2D eigenvalue weighted by atomic mass is 16.3. The summed E-state index contributed by atoms with van der Waals surface area (Å²) in [6.45, 7) is 3.01. The van der Waals surface area contributed by atoms with Gasteiger partial charge in [0.2, 0.25) is 0 Å². The van der Waals surface area contributed by atoms with Crippen LogP contribution in [0.1, 0.15) is 31.7 Å². The lowest BCUT2D eigenvalue weighted by atomic mass is 9.80. The fourth-order valence-corrected chi connectivity index (χ4v) is 2.04.